The van der Waals surface area contributed by atoms with Gasteiger partial charge in [0, 0.05) is 24.3 Å². The minimum atomic E-state index is -4.33. The first-order chi connectivity index (χ1) is 18.3. The van der Waals surface area contributed by atoms with Crippen molar-refractivity contribution in [3.05, 3.63) is 131 Å². The van der Waals surface area contributed by atoms with Gasteiger partial charge < -0.3 is 10.1 Å². The van der Waals surface area contributed by atoms with Gasteiger partial charge in [-0.3, -0.25) is 9.69 Å². The molecule has 0 aliphatic carbocycles. The van der Waals surface area contributed by atoms with Crippen LogP contribution >= 0.6 is 0 Å². The van der Waals surface area contributed by atoms with Crippen LogP contribution in [0.4, 0.5) is 18.9 Å². The predicted molar refractivity (Wildman–Crippen MR) is 143 cm³/mol. The van der Waals surface area contributed by atoms with Gasteiger partial charge in [0.25, 0.3) is 5.91 Å². The van der Waals surface area contributed by atoms with Crippen LogP contribution in [0.3, 0.4) is 0 Å². The summed E-state index contributed by atoms with van der Waals surface area (Å²) >= 11 is 0. The van der Waals surface area contributed by atoms with Crippen LogP contribution in [-0.2, 0) is 25.9 Å². The number of nitrogens with one attached hydrogen (secondary N) is 1. The van der Waals surface area contributed by atoms with Gasteiger partial charge in [-0.2, -0.15) is 13.2 Å². The van der Waals surface area contributed by atoms with Crippen LogP contribution < -0.4 is 10.1 Å². The predicted octanol–water partition coefficient (Wildman–Crippen LogP) is 7.56. The zero-order valence-corrected chi connectivity index (χ0v) is 21.0. The molecule has 0 radical (unpaired) electrons. The quantitative estimate of drug-likeness (QED) is 0.236. The fraction of sp³-hybridized carbons (Fsp3) is 0.194. The van der Waals surface area contributed by atoms with E-state index in [1.807, 2.05) is 61.5 Å². The summed E-state index contributed by atoms with van der Waals surface area (Å²) in [6.45, 7) is 4.38. The van der Waals surface area contributed by atoms with Gasteiger partial charge in [0.05, 0.1) is 5.56 Å². The molecular formula is C31H29F3N2O2. The van der Waals surface area contributed by atoms with Crippen LogP contribution in [0.2, 0.25) is 0 Å². The minimum absolute atomic E-state index is 0.218. The van der Waals surface area contributed by atoms with Gasteiger partial charge in [-0.25, -0.2) is 0 Å². The topological polar surface area (TPSA) is 41.6 Å². The molecular weight excluding hydrogens is 489 g/mol. The molecule has 0 heterocycles. The number of amides is 1. The number of hydrogen-bond acceptors (Lipinski definition) is 3. The van der Waals surface area contributed by atoms with E-state index in [0.717, 1.165) is 35.4 Å². The zero-order valence-electron chi connectivity index (χ0n) is 21.0. The molecule has 0 aliphatic rings. The lowest BCUT2D eigenvalue weighted by atomic mass is 10.1. The van der Waals surface area contributed by atoms with E-state index in [0.29, 0.717) is 36.7 Å². The molecule has 0 bridgehead atoms. The second-order valence-electron chi connectivity index (χ2n) is 8.95. The Morgan fingerprint density at radius 1 is 0.763 bits per heavy atom. The van der Waals surface area contributed by atoms with Crippen LogP contribution in [0.1, 0.15) is 39.5 Å². The Labute approximate surface area is 220 Å². The lowest BCUT2D eigenvalue weighted by Gasteiger charge is -2.21. The molecule has 38 heavy (non-hydrogen) atoms. The molecule has 4 aromatic rings. The van der Waals surface area contributed by atoms with Crippen LogP contribution in [0.25, 0.3) is 0 Å². The molecule has 0 aromatic heterocycles. The first-order valence-electron chi connectivity index (χ1n) is 12.4. The van der Waals surface area contributed by atoms with Crippen molar-refractivity contribution >= 4 is 11.6 Å². The number of nitrogens with zero attached hydrogens (tertiary/aromatic N) is 1. The summed E-state index contributed by atoms with van der Waals surface area (Å²) in [7, 11) is 0. The number of rotatable bonds is 10. The summed E-state index contributed by atoms with van der Waals surface area (Å²) in [4.78, 5) is 14.8. The number of hydrogen-bond donors (Lipinski definition) is 1. The number of carbonyl (C=O) groups is 1. The van der Waals surface area contributed by atoms with E-state index in [1.54, 1.807) is 24.3 Å². The summed E-state index contributed by atoms with van der Waals surface area (Å²) in [5.41, 5.74) is 3.48. The number of carbonyl (C=O) groups excluding carboxylic acids is 1. The highest BCUT2D eigenvalue weighted by molar-refractivity contribution is 6.04. The normalized spacial score (nSPS) is 11.4. The average molecular weight is 519 g/mol. The smallest absolute Gasteiger partial charge is 0.416 e. The highest BCUT2D eigenvalue weighted by Crippen LogP contribution is 2.29. The van der Waals surface area contributed by atoms with Gasteiger partial charge in [0.15, 0.2) is 0 Å². The van der Waals surface area contributed by atoms with E-state index in [9.17, 15) is 18.0 Å². The monoisotopic (exact) mass is 518 g/mol. The lowest BCUT2D eigenvalue weighted by molar-refractivity contribution is -0.137. The van der Waals surface area contributed by atoms with Crippen molar-refractivity contribution in [3.8, 4) is 5.75 Å². The Hall–Kier alpha value is -4.10. The fourth-order valence-electron chi connectivity index (χ4n) is 3.94. The number of alkyl halides is 3. The third-order valence-electron chi connectivity index (χ3n) is 6.12. The van der Waals surface area contributed by atoms with E-state index in [4.69, 9.17) is 4.74 Å². The summed E-state index contributed by atoms with van der Waals surface area (Å²) in [6, 6.07) is 29.7. The lowest BCUT2D eigenvalue weighted by Crippen LogP contribution is -2.22. The van der Waals surface area contributed by atoms with Crippen molar-refractivity contribution in [1.29, 1.82) is 0 Å². The molecule has 0 fully saturated rings. The molecule has 196 valence electrons. The third kappa shape index (κ3) is 7.70. The van der Waals surface area contributed by atoms with Crippen molar-refractivity contribution in [2.45, 2.75) is 32.8 Å². The molecule has 4 nitrogen and oxygen atoms in total. The Bertz CT molecular complexity index is 1300. The summed E-state index contributed by atoms with van der Waals surface area (Å²) < 4.78 is 44.2. The molecule has 1 N–H and O–H groups in total. The second-order valence-corrected chi connectivity index (χ2v) is 8.95. The van der Waals surface area contributed by atoms with Gasteiger partial charge in [-0.15, -0.1) is 0 Å². The van der Waals surface area contributed by atoms with E-state index >= 15 is 0 Å². The van der Waals surface area contributed by atoms with Crippen LogP contribution in [0.15, 0.2) is 103 Å². The molecule has 0 atom stereocenters. The fourth-order valence-corrected chi connectivity index (χ4v) is 3.94. The largest absolute Gasteiger partial charge is 0.489 e. The minimum Gasteiger partial charge on any atom is -0.489 e. The molecule has 0 saturated carbocycles. The zero-order chi connectivity index (χ0) is 27.0. The first kappa shape index (κ1) is 26.9. The van der Waals surface area contributed by atoms with Crippen LogP contribution in [0.5, 0.6) is 5.75 Å². The number of anilines is 1. The van der Waals surface area contributed by atoms with Gasteiger partial charge in [0.1, 0.15) is 12.4 Å². The van der Waals surface area contributed by atoms with Crippen LogP contribution in [-0.4, -0.2) is 17.4 Å². The number of benzene rings is 4. The average Bonchev–Trinajstić information content (AvgIpc) is 2.93. The molecule has 0 aliphatic heterocycles. The van der Waals surface area contributed by atoms with Crippen molar-refractivity contribution in [2.24, 2.45) is 0 Å². The number of halogens is 3. The van der Waals surface area contributed by atoms with Crippen molar-refractivity contribution in [2.75, 3.05) is 11.9 Å². The third-order valence-corrected chi connectivity index (χ3v) is 6.12. The Kier molecular flexibility index (Phi) is 8.81. The molecule has 4 rings (SSSR count). The standard InChI is InChI=1S/C31H29F3N2O2/c1-2-36(20-23-8-14-27(15-9-23)31(32,33)34)21-24-10-16-28(17-11-24)35-30(37)26-12-18-29(19-13-26)38-22-25-6-4-3-5-7-25/h3-19H,2,20-22H2,1H3,(H,35,37). The van der Waals surface area contributed by atoms with E-state index < -0.39 is 11.7 Å². The second kappa shape index (κ2) is 12.4. The Morgan fingerprint density at radius 2 is 1.34 bits per heavy atom. The van der Waals surface area contributed by atoms with Crippen molar-refractivity contribution in [3.63, 3.8) is 0 Å². The molecule has 1 amide bonds. The van der Waals surface area contributed by atoms with Crippen molar-refractivity contribution in [1.82, 2.24) is 4.90 Å². The highest BCUT2D eigenvalue weighted by Gasteiger charge is 2.29. The molecule has 7 heteroatoms. The van der Waals surface area contributed by atoms with Gasteiger partial charge in [-0.05, 0) is 71.8 Å². The SMILES string of the molecule is CCN(Cc1ccc(NC(=O)c2ccc(OCc3ccccc3)cc2)cc1)Cc1ccc(C(F)(F)F)cc1. The van der Waals surface area contributed by atoms with Crippen LogP contribution in [0, 0.1) is 0 Å². The van der Waals surface area contributed by atoms with Gasteiger partial charge in [-0.1, -0.05) is 61.5 Å². The van der Waals surface area contributed by atoms with E-state index in [-0.39, 0.29) is 5.91 Å². The number of ether oxygens (including phenoxy) is 1. The van der Waals surface area contributed by atoms with Gasteiger partial charge in [0.2, 0.25) is 0 Å². The first-order valence-corrected chi connectivity index (χ1v) is 12.4. The van der Waals surface area contributed by atoms with Crippen molar-refractivity contribution < 1.29 is 22.7 Å². The maximum Gasteiger partial charge on any atom is 0.416 e. The Balaban J connectivity index is 1.28. The highest BCUT2D eigenvalue weighted by atomic mass is 19.4. The maximum atomic E-state index is 12.8. The summed E-state index contributed by atoms with van der Waals surface area (Å²) in [5, 5.41) is 2.90. The van der Waals surface area contributed by atoms with Gasteiger partial charge >= 0.3 is 6.18 Å². The summed E-state index contributed by atoms with van der Waals surface area (Å²) in [6.07, 6.45) is -4.33. The Morgan fingerprint density at radius 3 is 1.89 bits per heavy atom. The van der Waals surface area contributed by atoms with E-state index in [1.165, 1.54) is 12.1 Å². The maximum absolute atomic E-state index is 12.8. The molecule has 0 saturated heterocycles. The molecule has 0 unspecified atom stereocenters. The summed E-state index contributed by atoms with van der Waals surface area (Å²) in [5.74, 6) is 0.469. The molecule has 0 spiro atoms. The van der Waals surface area contributed by atoms with E-state index in [2.05, 4.69) is 10.2 Å². The molecule has 4 aromatic carbocycles.